The summed E-state index contributed by atoms with van der Waals surface area (Å²) in [6.07, 6.45) is 4.69. The molecule has 1 saturated carbocycles. The molecule has 1 heterocycles. The molecule has 1 N–H and O–H groups in total. The summed E-state index contributed by atoms with van der Waals surface area (Å²) in [4.78, 5) is 12.1. The van der Waals surface area contributed by atoms with E-state index in [9.17, 15) is 4.79 Å². The molecule has 30 heavy (non-hydrogen) atoms. The molecule has 1 aliphatic carbocycles. The van der Waals surface area contributed by atoms with Crippen LogP contribution in [0.2, 0.25) is 0 Å². The Morgan fingerprint density at radius 3 is 2.43 bits per heavy atom. The molecule has 4 rings (SSSR count). The molecular weight excluding hydrogens is 374 g/mol. The second-order valence-corrected chi connectivity index (χ2v) is 7.84. The first-order valence-electron chi connectivity index (χ1n) is 10.4. The third kappa shape index (κ3) is 4.25. The van der Waals surface area contributed by atoms with Crippen LogP contribution in [-0.4, -0.2) is 27.4 Å². The number of carbonyl (C=O) groups excluding carboxylic acids is 1. The number of benzene rings is 2. The third-order valence-corrected chi connectivity index (χ3v) is 5.84. The molecule has 1 aliphatic rings. The highest BCUT2D eigenvalue weighted by Gasteiger charge is 2.30. The average Bonchev–Trinajstić information content (AvgIpc) is 3.44. The minimum atomic E-state index is 0.119. The fourth-order valence-electron chi connectivity index (χ4n) is 4.23. The molecule has 2 aromatic carbocycles. The Morgan fingerprint density at radius 1 is 1.10 bits per heavy atom. The summed E-state index contributed by atoms with van der Waals surface area (Å²) in [7, 11) is 0. The average molecular weight is 399 g/mol. The van der Waals surface area contributed by atoms with Crippen molar-refractivity contribution >= 4 is 5.91 Å². The lowest BCUT2D eigenvalue weighted by atomic mass is 10.0. The van der Waals surface area contributed by atoms with E-state index in [4.69, 9.17) is 5.26 Å². The van der Waals surface area contributed by atoms with Gasteiger partial charge in [-0.3, -0.25) is 4.79 Å². The lowest BCUT2D eigenvalue weighted by Gasteiger charge is -2.13. The highest BCUT2D eigenvalue weighted by Crippen LogP contribution is 2.33. The summed E-state index contributed by atoms with van der Waals surface area (Å²) in [6.45, 7) is 3.42. The number of hydrogen-bond acceptors (Lipinski definition) is 4. The van der Waals surface area contributed by atoms with Crippen LogP contribution in [0.15, 0.2) is 54.7 Å². The number of aromatic nitrogens is 3. The molecule has 1 amide bonds. The van der Waals surface area contributed by atoms with Crippen molar-refractivity contribution in [3.8, 4) is 28.5 Å². The molecule has 0 saturated heterocycles. The van der Waals surface area contributed by atoms with E-state index in [1.54, 1.807) is 6.20 Å². The molecule has 1 fully saturated rings. The van der Waals surface area contributed by atoms with Crippen LogP contribution in [0.3, 0.4) is 0 Å². The first-order chi connectivity index (χ1) is 14.7. The van der Waals surface area contributed by atoms with Crippen LogP contribution in [0.25, 0.3) is 22.4 Å². The van der Waals surface area contributed by atoms with Crippen molar-refractivity contribution in [2.75, 3.05) is 6.54 Å². The van der Waals surface area contributed by atoms with Gasteiger partial charge in [-0.15, -0.1) is 5.10 Å². The lowest BCUT2D eigenvalue weighted by molar-refractivity contribution is -0.124. The molecular formula is C24H25N5O. The highest BCUT2D eigenvalue weighted by atomic mass is 16.1. The number of nitrogens with zero attached hydrogens (tertiary/aromatic N) is 4. The van der Waals surface area contributed by atoms with Gasteiger partial charge >= 0.3 is 0 Å². The molecule has 6 heteroatoms. The lowest BCUT2D eigenvalue weighted by Crippen LogP contribution is -2.29. The molecule has 0 radical (unpaired) electrons. The second-order valence-electron chi connectivity index (χ2n) is 7.84. The van der Waals surface area contributed by atoms with Crippen LogP contribution in [-0.2, 0) is 11.3 Å². The van der Waals surface area contributed by atoms with E-state index >= 15 is 0 Å². The number of amides is 1. The summed E-state index contributed by atoms with van der Waals surface area (Å²) < 4.78 is 1.96. The van der Waals surface area contributed by atoms with E-state index in [0.717, 1.165) is 48.2 Å². The quantitative estimate of drug-likeness (QED) is 0.678. The Labute approximate surface area is 176 Å². The van der Waals surface area contributed by atoms with Crippen molar-refractivity contribution in [1.82, 2.24) is 20.3 Å². The number of nitrogens with one attached hydrogen (secondary N) is 1. The normalized spacial score (nSPS) is 18.1. The number of rotatable bonds is 6. The number of carbonyl (C=O) groups is 1. The Morgan fingerprint density at radius 2 is 1.77 bits per heavy atom. The molecule has 2 atom stereocenters. The molecule has 0 bridgehead atoms. The molecule has 3 aromatic rings. The van der Waals surface area contributed by atoms with E-state index < -0.39 is 0 Å². The van der Waals surface area contributed by atoms with Crippen LogP contribution in [0, 0.1) is 23.2 Å². The number of nitriles is 1. The van der Waals surface area contributed by atoms with Crippen molar-refractivity contribution in [2.24, 2.45) is 11.8 Å². The van der Waals surface area contributed by atoms with Crippen LogP contribution in [0.4, 0.5) is 0 Å². The number of hydrogen-bond donors (Lipinski definition) is 1. The van der Waals surface area contributed by atoms with E-state index in [1.165, 1.54) is 0 Å². The fourth-order valence-corrected chi connectivity index (χ4v) is 4.23. The standard InChI is InChI=1S/C24H25N5O/c1-2-26-24(30)22-8-5-18(13-22)16-29-23(15-27-28-29)21-11-9-20(10-12-21)19-6-3-17(14-25)4-7-19/h3-4,6-7,9-12,15,18,22H,2,5,8,13,16H2,1H3,(H,26,30). The van der Waals surface area contributed by atoms with Crippen molar-refractivity contribution in [2.45, 2.75) is 32.7 Å². The van der Waals surface area contributed by atoms with Gasteiger partial charge in [-0.2, -0.15) is 5.26 Å². The SMILES string of the molecule is CCNC(=O)C1CCC(Cn2nncc2-c2ccc(-c3ccc(C#N)cc3)cc2)C1. The first kappa shape index (κ1) is 19.8. The minimum Gasteiger partial charge on any atom is -0.356 e. The van der Waals surface area contributed by atoms with Gasteiger partial charge in [0, 0.05) is 24.6 Å². The zero-order valence-corrected chi connectivity index (χ0v) is 17.1. The maximum Gasteiger partial charge on any atom is 0.223 e. The second kappa shape index (κ2) is 8.91. The summed E-state index contributed by atoms with van der Waals surface area (Å²) in [6, 6.07) is 18.0. The summed E-state index contributed by atoms with van der Waals surface area (Å²) >= 11 is 0. The summed E-state index contributed by atoms with van der Waals surface area (Å²) in [5, 5.41) is 20.3. The molecule has 2 unspecified atom stereocenters. The minimum absolute atomic E-state index is 0.119. The Bertz CT molecular complexity index is 1050. The van der Waals surface area contributed by atoms with Crippen molar-refractivity contribution in [3.63, 3.8) is 0 Å². The fraction of sp³-hybridized carbons (Fsp3) is 0.333. The van der Waals surface area contributed by atoms with Crippen LogP contribution >= 0.6 is 0 Å². The summed E-state index contributed by atoms with van der Waals surface area (Å²) in [5.41, 5.74) is 4.89. The first-order valence-corrected chi connectivity index (χ1v) is 10.4. The van der Waals surface area contributed by atoms with Crippen molar-refractivity contribution in [1.29, 1.82) is 5.26 Å². The maximum atomic E-state index is 12.1. The van der Waals surface area contributed by atoms with Gasteiger partial charge < -0.3 is 5.32 Å². The van der Waals surface area contributed by atoms with Gasteiger partial charge in [0.05, 0.1) is 23.5 Å². The van der Waals surface area contributed by atoms with Gasteiger partial charge in [0.1, 0.15) is 0 Å². The zero-order valence-electron chi connectivity index (χ0n) is 17.1. The van der Waals surface area contributed by atoms with Gasteiger partial charge in [-0.1, -0.05) is 41.6 Å². The molecule has 6 nitrogen and oxygen atoms in total. The Kier molecular flexibility index (Phi) is 5.89. The van der Waals surface area contributed by atoms with Gasteiger partial charge in [0.25, 0.3) is 0 Å². The van der Waals surface area contributed by atoms with E-state index in [2.05, 4.69) is 46.0 Å². The smallest absolute Gasteiger partial charge is 0.223 e. The predicted octanol–water partition coefficient (Wildman–Crippen LogP) is 4.04. The van der Waals surface area contributed by atoms with Crippen LogP contribution in [0.5, 0.6) is 0 Å². The largest absolute Gasteiger partial charge is 0.356 e. The highest BCUT2D eigenvalue weighted by molar-refractivity contribution is 5.78. The summed E-state index contributed by atoms with van der Waals surface area (Å²) in [5.74, 6) is 0.738. The van der Waals surface area contributed by atoms with Gasteiger partial charge in [-0.05, 0) is 55.4 Å². The monoisotopic (exact) mass is 399 g/mol. The predicted molar refractivity (Wildman–Crippen MR) is 115 cm³/mol. The third-order valence-electron chi connectivity index (χ3n) is 5.84. The van der Waals surface area contributed by atoms with Crippen LogP contribution in [0.1, 0.15) is 31.7 Å². The van der Waals surface area contributed by atoms with Gasteiger partial charge in [-0.25, -0.2) is 4.68 Å². The van der Waals surface area contributed by atoms with Gasteiger partial charge in [0.2, 0.25) is 5.91 Å². The van der Waals surface area contributed by atoms with Crippen LogP contribution < -0.4 is 5.32 Å². The zero-order chi connectivity index (χ0) is 20.9. The Balaban J connectivity index is 1.45. The molecule has 0 aliphatic heterocycles. The molecule has 1 aromatic heterocycles. The van der Waals surface area contributed by atoms with E-state index in [0.29, 0.717) is 18.0 Å². The topological polar surface area (TPSA) is 83.6 Å². The van der Waals surface area contributed by atoms with Gasteiger partial charge in [0.15, 0.2) is 0 Å². The molecule has 0 spiro atoms. The van der Waals surface area contributed by atoms with E-state index in [1.807, 2.05) is 35.9 Å². The van der Waals surface area contributed by atoms with Crippen molar-refractivity contribution < 1.29 is 4.79 Å². The van der Waals surface area contributed by atoms with E-state index in [-0.39, 0.29) is 11.8 Å². The molecule has 152 valence electrons. The maximum absolute atomic E-state index is 12.1. The van der Waals surface area contributed by atoms with Crippen molar-refractivity contribution in [3.05, 3.63) is 60.3 Å². The Hall–Kier alpha value is -3.46.